The third-order valence-electron chi connectivity index (χ3n) is 7.21. The lowest BCUT2D eigenvalue weighted by Crippen LogP contribution is -2.48. The van der Waals surface area contributed by atoms with Gasteiger partial charge in [0.25, 0.3) is 5.69 Å². The first-order valence-corrected chi connectivity index (χ1v) is 15.4. The van der Waals surface area contributed by atoms with Gasteiger partial charge >= 0.3 is 6.09 Å². The van der Waals surface area contributed by atoms with E-state index in [1.54, 1.807) is 45.0 Å². The molecule has 13 heteroatoms. The van der Waals surface area contributed by atoms with Crippen LogP contribution >= 0.6 is 0 Å². The molecule has 3 heterocycles. The predicted octanol–water partition coefficient (Wildman–Crippen LogP) is 7.52. The quantitative estimate of drug-likeness (QED) is 0.129. The lowest BCUT2D eigenvalue weighted by Gasteiger charge is -2.27. The number of aromatic nitrogens is 2. The van der Waals surface area contributed by atoms with Crippen LogP contribution in [0.2, 0.25) is 0 Å². The van der Waals surface area contributed by atoms with E-state index < -0.39 is 22.7 Å². The van der Waals surface area contributed by atoms with Crippen molar-refractivity contribution in [2.24, 2.45) is 5.92 Å². The van der Waals surface area contributed by atoms with Crippen LogP contribution in [0.3, 0.4) is 0 Å². The number of carbonyl (C=O) groups excluding carboxylic acids is 2. The smallest absolute Gasteiger partial charge is 0.408 e. The number of fused-ring (bicyclic) bond motifs is 1. The van der Waals surface area contributed by atoms with E-state index in [0.29, 0.717) is 23.1 Å². The summed E-state index contributed by atoms with van der Waals surface area (Å²) in [6.45, 7) is 8.93. The second kappa shape index (κ2) is 14.4. The number of pyridine rings is 2. The number of alkyl carbamates (subject to hydrolysis) is 1. The van der Waals surface area contributed by atoms with Crippen LogP contribution in [0.25, 0.3) is 0 Å². The van der Waals surface area contributed by atoms with E-state index in [-0.39, 0.29) is 29.5 Å². The highest BCUT2D eigenvalue weighted by Gasteiger charge is 2.27. The Bertz CT molecular complexity index is 1770. The number of hydrogen-bond donors (Lipinski definition) is 2. The molecule has 13 nitrogen and oxygen atoms in total. The monoisotopic (exact) mass is 655 g/mol. The van der Waals surface area contributed by atoms with Crippen molar-refractivity contribution >= 4 is 23.4 Å². The van der Waals surface area contributed by atoms with E-state index in [0.717, 1.165) is 35.9 Å². The number of hydrogen-bond acceptors (Lipinski definition) is 10. The van der Waals surface area contributed by atoms with Crippen LogP contribution in [0.5, 0.6) is 29.0 Å². The highest BCUT2D eigenvalue weighted by atomic mass is 16.6. The fraction of sp³-hybridized carbons (Fsp3) is 0.314. The molecule has 0 aliphatic carbocycles. The van der Waals surface area contributed by atoms with Crippen LogP contribution in [-0.2, 0) is 16.0 Å². The Kier molecular flexibility index (Phi) is 10.1. The third-order valence-corrected chi connectivity index (χ3v) is 7.21. The minimum absolute atomic E-state index is 0.110. The second-order valence-electron chi connectivity index (χ2n) is 12.5. The van der Waals surface area contributed by atoms with Gasteiger partial charge in [-0.15, -0.1) is 0 Å². The molecular formula is C35H37N5O8. The molecule has 0 saturated carbocycles. The number of rotatable bonds is 10. The Labute approximate surface area is 277 Å². The Hall–Kier alpha value is -5.72. The van der Waals surface area contributed by atoms with E-state index >= 15 is 0 Å². The summed E-state index contributed by atoms with van der Waals surface area (Å²) >= 11 is 0. The number of aryl methyl sites for hydroxylation is 1. The molecule has 4 aromatic rings. The number of carbonyl (C=O) groups is 2. The molecular weight excluding hydrogens is 618 g/mol. The highest BCUT2D eigenvalue weighted by Crippen LogP contribution is 2.38. The van der Waals surface area contributed by atoms with Crippen molar-refractivity contribution in [2.75, 3.05) is 5.32 Å². The first kappa shape index (κ1) is 33.6. The molecule has 0 fully saturated rings. The van der Waals surface area contributed by atoms with Crippen LogP contribution in [0.15, 0.2) is 79.1 Å². The Morgan fingerprint density at radius 1 is 0.958 bits per heavy atom. The molecule has 0 bridgehead atoms. The molecule has 2 amide bonds. The van der Waals surface area contributed by atoms with Crippen LogP contribution < -0.4 is 24.8 Å². The lowest BCUT2D eigenvalue weighted by molar-refractivity contribution is -0.385. The van der Waals surface area contributed by atoms with Crippen LogP contribution in [0, 0.1) is 16.0 Å². The summed E-state index contributed by atoms with van der Waals surface area (Å²) in [6, 6.07) is 18.4. The molecule has 0 spiro atoms. The van der Waals surface area contributed by atoms with E-state index in [1.165, 1.54) is 18.3 Å². The summed E-state index contributed by atoms with van der Waals surface area (Å²) in [5, 5.41) is 16.3. The fourth-order valence-electron chi connectivity index (χ4n) is 4.93. The van der Waals surface area contributed by atoms with Crippen molar-refractivity contribution in [1.29, 1.82) is 0 Å². The summed E-state index contributed by atoms with van der Waals surface area (Å²) in [4.78, 5) is 43.9. The summed E-state index contributed by atoms with van der Waals surface area (Å²) in [5.41, 5.74) is 1.58. The first-order chi connectivity index (χ1) is 22.8. The minimum Gasteiger partial charge on any atom is -0.485 e. The molecule has 1 aliphatic heterocycles. The minimum atomic E-state index is -0.801. The lowest BCUT2D eigenvalue weighted by atomic mass is 9.97. The molecule has 0 saturated heterocycles. The van der Waals surface area contributed by atoms with Gasteiger partial charge in [-0.3, -0.25) is 14.9 Å². The Balaban J connectivity index is 1.17. The topological polar surface area (TPSA) is 164 Å². The number of nitrogens with one attached hydrogen (secondary N) is 2. The van der Waals surface area contributed by atoms with E-state index in [1.807, 2.05) is 44.2 Å². The molecule has 1 aliphatic rings. The number of benzene rings is 2. The van der Waals surface area contributed by atoms with Gasteiger partial charge in [0.05, 0.1) is 16.8 Å². The average Bonchev–Trinajstić information content (AvgIpc) is 3.03. The normalized spacial score (nSPS) is 14.6. The predicted molar refractivity (Wildman–Crippen MR) is 176 cm³/mol. The van der Waals surface area contributed by atoms with Gasteiger partial charge in [-0.25, -0.2) is 14.8 Å². The number of nitrogens with zero attached hydrogens (tertiary/aromatic N) is 3. The number of ether oxygens (including phenoxy) is 4. The van der Waals surface area contributed by atoms with Crippen molar-refractivity contribution in [3.63, 3.8) is 0 Å². The standard InChI is InChI=1S/C35H37N5O8/c1-21(2)32(39-34(42)48-35(3,4)5)33(41)38-24-10-15-30(36-19-24)46-27-12-14-29-23(18-27)9-13-28(47-29)22-7-6-8-26(17-22)45-31-16-11-25(20-37-31)40(43)44/h6-8,10-12,14-21,28,32H,9,13H2,1-5H3,(H,38,41)(H,39,42)/t28?,32-/m0/s1. The summed E-state index contributed by atoms with van der Waals surface area (Å²) in [6.07, 6.45) is 3.25. The average molecular weight is 656 g/mol. The van der Waals surface area contributed by atoms with E-state index in [9.17, 15) is 19.7 Å². The van der Waals surface area contributed by atoms with Crippen LogP contribution in [0.4, 0.5) is 16.2 Å². The van der Waals surface area contributed by atoms with Gasteiger partial charge in [0, 0.05) is 18.2 Å². The summed E-state index contributed by atoms with van der Waals surface area (Å²) in [7, 11) is 0. The molecule has 2 aromatic heterocycles. The first-order valence-electron chi connectivity index (χ1n) is 15.4. The Morgan fingerprint density at radius 2 is 1.67 bits per heavy atom. The molecule has 5 rings (SSSR count). The maximum Gasteiger partial charge on any atom is 0.408 e. The molecule has 0 radical (unpaired) electrons. The molecule has 1 unspecified atom stereocenters. The molecule has 2 N–H and O–H groups in total. The van der Waals surface area contributed by atoms with Crippen molar-refractivity contribution in [2.45, 2.75) is 65.2 Å². The van der Waals surface area contributed by atoms with Gasteiger partial charge in [-0.2, -0.15) is 0 Å². The Morgan fingerprint density at radius 3 is 2.29 bits per heavy atom. The number of nitro groups is 1. The van der Waals surface area contributed by atoms with E-state index in [2.05, 4.69) is 20.6 Å². The zero-order valence-electron chi connectivity index (χ0n) is 27.3. The van der Waals surface area contributed by atoms with Gasteiger partial charge in [-0.05, 0) is 87.1 Å². The van der Waals surface area contributed by atoms with Gasteiger partial charge in [0.1, 0.15) is 41.2 Å². The fourth-order valence-corrected chi connectivity index (χ4v) is 4.93. The van der Waals surface area contributed by atoms with Crippen LogP contribution in [-0.4, -0.2) is 38.5 Å². The molecule has 48 heavy (non-hydrogen) atoms. The second-order valence-corrected chi connectivity index (χ2v) is 12.5. The highest BCUT2D eigenvalue weighted by molar-refractivity contribution is 5.96. The van der Waals surface area contributed by atoms with Gasteiger partial charge in [0.15, 0.2) is 0 Å². The van der Waals surface area contributed by atoms with Gasteiger partial charge in [0.2, 0.25) is 17.7 Å². The maximum atomic E-state index is 12.9. The van der Waals surface area contributed by atoms with Crippen molar-refractivity contribution in [1.82, 2.24) is 15.3 Å². The maximum absolute atomic E-state index is 12.9. The molecule has 2 aromatic carbocycles. The largest absolute Gasteiger partial charge is 0.485 e. The van der Waals surface area contributed by atoms with Crippen molar-refractivity contribution < 1.29 is 33.5 Å². The summed E-state index contributed by atoms with van der Waals surface area (Å²) < 4.78 is 23.4. The number of amides is 2. The van der Waals surface area contributed by atoms with Gasteiger partial charge < -0.3 is 29.6 Å². The third kappa shape index (κ3) is 8.96. The number of anilines is 1. The van der Waals surface area contributed by atoms with Gasteiger partial charge in [-0.1, -0.05) is 26.0 Å². The summed E-state index contributed by atoms with van der Waals surface area (Å²) in [5.74, 6) is 1.90. The SMILES string of the molecule is CC(C)[C@H](NC(=O)OC(C)(C)C)C(=O)Nc1ccc(Oc2ccc3c(c2)CCC(c2cccc(Oc4ccc([N+](=O)[O-])cn4)c2)O3)nc1. The zero-order chi connectivity index (χ0) is 34.4. The van der Waals surface area contributed by atoms with Crippen molar-refractivity contribution in [3.05, 3.63) is 100 Å². The van der Waals surface area contributed by atoms with Crippen molar-refractivity contribution in [3.8, 4) is 29.0 Å². The molecule has 250 valence electrons. The zero-order valence-corrected chi connectivity index (χ0v) is 27.3. The molecule has 2 atom stereocenters. The van der Waals surface area contributed by atoms with Crippen LogP contribution in [0.1, 0.15) is 58.3 Å². The van der Waals surface area contributed by atoms with E-state index in [4.69, 9.17) is 18.9 Å².